The Kier molecular flexibility index (Phi) is 1.67. The zero-order chi connectivity index (χ0) is 11.1. The molecule has 0 spiro atoms. The molecule has 0 saturated heterocycles. The van der Waals surface area contributed by atoms with Crippen LogP contribution in [-0.4, -0.2) is 20.5 Å². The van der Waals surface area contributed by atoms with Crippen molar-refractivity contribution in [3.63, 3.8) is 0 Å². The summed E-state index contributed by atoms with van der Waals surface area (Å²) in [4.78, 5) is 15.3. The van der Waals surface area contributed by atoms with Crippen molar-refractivity contribution in [2.75, 3.05) is 0 Å². The van der Waals surface area contributed by atoms with Gasteiger partial charge in [0, 0.05) is 23.3 Å². The van der Waals surface area contributed by atoms with E-state index in [-0.39, 0.29) is 0 Å². The van der Waals surface area contributed by atoms with Crippen LogP contribution in [0, 0.1) is 0 Å². The molecule has 0 fully saturated rings. The Morgan fingerprint density at radius 1 is 1.38 bits per heavy atom. The molecule has 2 N–H and O–H groups in total. The van der Waals surface area contributed by atoms with E-state index in [2.05, 4.69) is 10.1 Å². The SMILES string of the molecule is NC(=O)c1ccc2nn3cccnc3c2c1. The number of amides is 1. The first-order chi connectivity index (χ1) is 7.75. The summed E-state index contributed by atoms with van der Waals surface area (Å²) < 4.78 is 1.68. The molecule has 0 radical (unpaired) electrons. The Morgan fingerprint density at radius 3 is 3.06 bits per heavy atom. The fraction of sp³-hybridized carbons (Fsp3) is 0. The van der Waals surface area contributed by atoms with Gasteiger partial charge in [0.15, 0.2) is 5.65 Å². The van der Waals surface area contributed by atoms with E-state index in [1.807, 2.05) is 6.20 Å². The first-order valence-electron chi connectivity index (χ1n) is 4.78. The summed E-state index contributed by atoms with van der Waals surface area (Å²) in [6.07, 6.45) is 3.50. The minimum absolute atomic E-state index is 0.447. The van der Waals surface area contributed by atoms with Gasteiger partial charge >= 0.3 is 0 Å². The molecule has 5 heteroatoms. The summed E-state index contributed by atoms with van der Waals surface area (Å²) in [7, 11) is 0. The van der Waals surface area contributed by atoms with Crippen molar-refractivity contribution >= 4 is 22.5 Å². The molecule has 0 atom stereocenters. The van der Waals surface area contributed by atoms with E-state index in [0.717, 1.165) is 16.6 Å². The molecule has 1 aromatic carbocycles. The molecule has 2 heterocycles. The van der Waals surface area contributed by atoms with Crippen LogP contribution in [0.1, 0.15) is 10.4 Å². The molecule has 1 amide bonds. The maximum Gasteiger partial charge on any atom is 0.248 e. The predicted octanol–water partition coefficient (Wildman–Crippen LogP) is 0.981. The molecule has 5 nitrogen and oxygen atoms in total. The topological polar surface area (TPSA) is 73.3 Å². The number of fused-ring (bicyclic) bond motifs is 3. The number of nitrogens with two attached hydrogens (primary N) is 1. The van der Waals surface area contributed by atoms with Crippen molar-refractivity contribution in [3.8, 4) is 0 Å². The van der Waals surface area contributed by atoms with Crippen molar-refractivity contribution in [3.05, 3.63) is 42.2 Å². The van der Waals surface area contributed by atoms with Crippen LogP contribution in [0.4, 0.5) is 0 Å². The highest BCUT2D eigenvalue weighted by Gasteiger charge is 2.08. The average molecular weight is 212 g/mol. The van der Waals surface area contributed by atoms with Gasteiger partial charge in [-0.15, -0.1) is 0 Å². The van der Waals surface area contributed by atoms with Crippen LogP contribution >= 0.6 is 0 Å². The maximum absolute atomic E-state index is 11.1. The molecule has 3 rings (SSSR count). The zero-order valence-electron chi connectivity index (χ0n) is 8.29. The highest BCUT2D eigenvalue weighted by Crippen LogP contribution is 2.18. The summed E-state index contributed by atoms with van der Waals surface area (Å²) in [6.45, 7) is 0. The Hall–Kier alpha value is -2.43. The maximum atomic E-state index is 11.1. The number of carbonyl (C=O) groups excluding carboxylic acids is 1. The van der Waals surface area contributed by atoms with Crippen molar-refractivity contribution in [1.29, 1.82) is 0 Å². The number of nitrogens with zero attached hydrogens (tertiary/aromatic N) is 3. The molecular formula is C11H8N4O. The molecule has 78 valence electrons. The molecule has 3 aromatic rings. The molecule has 0 saturated carbocycles. The fourth-order valence-corrected chi connectivity index (χ4v) is 1.71. The summed E-state index contributed by atoms with van der Waals surface area (Å²) in [5, 5.41) is 5.15. The number of aromatic nitrogens is 3. The van der Waals surface area contributed by atoms with Gasteiger partial charge in [-0.25, -0.2) is 9.50 Å². The smallest absolute Gasteiger partial charge is 0.248 e. The summed E-state index contributed by atoms with van der Waals surface area (Å²) >= 11 is 0. The van der Waals surface area contributed by atoms with Crippen LogP contribution in [0.3, 0.4) is 0 Å². The van der Waals surface area contributed by atoms with Crippen molar-refractivity contribution in [2.45, 2.75) is 0 Å². The highest BCUT2D eigenvalue weighted by atomic mass is 16.1. The van der Waals surface area contributed by atoms with Gasteiger partial charge < -0.3 is 5.73 Å². The van der Waals surface area contributed by atoms with Crippen molar-refractivity contribution in [1.82, 2.24) is 14.6 Å². The number of benzene rings is 1. The van der Waals surface area contributed by atoms with E-state index in [0.29, 0.717) is 5.56 Å². The van der Waals surface area contributed by atoms with Crippen LogP contribution in [0.25, 0.3) is 16.6 Å². The van der Waals surface area contributed by atoms with E-state index < -0.39 is 5.91 Å². The number of hydrogen-bond donors (Lipinski definition) is 1. The van der Waals surface area contributed by atoms with Gasteiger partial charge in [-0.3, -0.25) is 4.79 Å². The number of primary amides is 1. The Balaban J connectivity index is 2.44. The molecule has 2 aromatic heterocycles. The van der Waals surface area contributed by atoms with Gasteiger partial charge in [-0.05, 0) is 24.3 Å². The lowest BCUT2D eigenvalue weighted by atomic mass is 10.1. The van der Waals surface area contributed by atoms with E-state index >= 15 is 0 Å². The van der Waals surface area contributed by atoms with E-state index in [9.17, 15) is 4.79 Å². The van der Waals surface area contributed by atoms with Crippen LogP contribution in [0.15, 0.2) is 36.7 Å². The Labute approximate surface area is 90.5 Å². The van der Waals surface area contributed by atoms with E-state index in [1.165, 1.54) is 0 Å². The molecule has 0 unspecified atom stereocenters. The minimum Gasteiger partial charge on any atom is -0.366 e. The molecule has 16 heavy (non-hydrogen) atoms. The van der Waals surface area contributed by atoms with Gasteiger partial charge in [0.1, 0.15) is 0 Å². The predicted molar refractivity (Wildman–Crippen MR) is 59.0 cm³/mol. The largest absolute Gasteiger partial charge is 0.366 e. The average Bonchev–Trinajstić information content (AvgIpc) is 2.66. The normalized spacial score (nSPS) is 11.0. The van der Waals surface area contributed by atoms with Crippen LogP contribution < -0.4 is 5.73 Å². The van der Waals surface area contributed by atoms with Gasteiger partial charge in [0.2, 0.25) is 5.91 Å². The minimum atomic E-state index is -0.447. The number of hydrogen-bond acceptors (Lipinski definition) is 3. The van der Waals surface area contributed by atoms with Crippen LogP contribution in [-0.2, 0) is 0 Å². The monoisotopic (exact) mass is 212 g/mol. The van der Waals surface area contributed by atoms with E-state index in [4.69, 9.17) is 5.73 Å². The molecule has 0 aliphatic rings. The highest BCUT2D eigenvalue weighted by molar-refractivity contribution is 6.00. The lowest BCUT2D eigenvalue weighted by Gasteiger charge is -1.94. The molecule has 0 aliphatic heterocycles. The van der Waals surface area contributed by atoms with Gasteiger partial charge in [-0.2, -0.15) is 5.10 Å². The van der Waals surface area contributed by atoms with Gasteiger partial charge in [0.05, 0.1) is 5.52 Å². The molecular weight excluding hydrogens is 204 g/mol. The van der Waals surface area contributed by atoms with Crippen LogP contribution in [0.2, 0.25) is 0 Å². The Morgan fingerprint density at radius 2 is 2.25 bits per heavy atom. The summed E-state index contributed by atoms with van der Waals surface area (Å²) in [5.74, 6) is -0.447. The summed E-state index contributed by atoms with van der Waals surface area (Å²) in [6, 6.07) is 6.95. The summed E-state index contributed by atoms with van der Waals surface area (Å²) in [5.41, 5.74) is 7.21. The quantitative estimate of drug-likeness (QED) is 0.653. The van der Waals surface area contributed by atoms with Gasteiger partial charge in [-0.1, -0.05) is 0 Å². The van der Waals surface area contributed by atoms with Gasteiger partial charge in [0.25, 0.3) is 0 Å². The van der Waals surface area contributed by atoms with Crippen LogP contribution in [0.5, 0.6) is 0 Å². The number of carbonyl (C=O) groups is 1. The lowest BCUT2D eigenvalue weighted by molar-refractivity contribution is 0.100. The number of rotatable bonds is 1. The van der Waals surface area contributed by atoms with Crippen molar-refractivity contribution in [2.24, 2.45) is 5.73 Å². The fourth-order valence-electron chi connectivity index (χ4n) is 1.71. The van der Waals surface area contributed by atoms with Crippen molar-refractivity contribution < 1.29 is 4.79 Å². The Bertz CT molecular complexity index is 701. The standard InChI is InChI=1S/C11H8N4O/c12-10(16)7-2-3-9-8(6-7)11-13-4-1-5-15(11)14-9/h1-6H,(H2,12,16). The second kappa shape index (κ2) is 3.03. The molecule has 0 bridgehead atoms. The molecule has 0 aliphatic carbocycles. The second-order valence-corrected chi connectivity index (χ2v) is 3.48. The lowest BCUT2D eigenvalue weighted by Crippen LogP contribution is -2.10. The first kappa shape index (κ1) is 8.84. The second-order valence-electron chi connectivity index (χ2n) is 3.48. The van der Waals surface area contributed by atoms with E-state index in [1.54, 1.807) is 35.0 Å². The first-order valence-corrected chi connectivity index (χ1v) is 4.78. The zero-order valence-corrected chi connectivity index (χ0v) is 8.29. The third-order valence-corrected chi connectivity index (χ3v) is 2.46. The third kappa shape index (κ3) is 1.15. The third-order valence-electron chi connectivity index (χ3n) is 2.46.